The minimum atomic E-state index is -1.02. The van der Waals surface area contributed by atoms with Crippen molar-refractivity contribution in [2.75, 3.05) is 13.7 Å². The number of carbonyl (C=O) groups is 2. The van der Waals surface area contributed by atoms with Crippen LogP contribution in [0.3, 0.4) is 0 Å². The first-order valence-corrected chi connectivity index (χ1v) is 15.8. The molecule has 5 nitrogen and oxygen atoms in total. The van der Waals surface area contributed by atoms with Crippen LogP contribution >= 0.6 is 22.2 Å². The summed E-state index contributed by atoms with van der Waals surface area (Å²) in [6.45, 7) is 1.83. The smallest absolute Gasteiger partial charge is 0.343 e. The van der Waals surface area contributed by atoms with E-state index in [0.717, 1.165) is 24.1 Å². The molecular weight excluding hydrogens is 577 g/mol. The molecule has 0 fully saturated rings. The predicted octanol–water partition coefficient (Wildman–Crippen LogP) is 7.98. The molecule has 214 valence electrons. The van der Waals surface area contributed by atoms with E-state index in [-0.39, 0.29) is 17.8 Å². The van der Waals surface area contributed by atoms with Gasteiger partial charge in [0.05, 0.1) is 7.11 Å². The van der Waals surface area contributed by atoms with E-state index >= 15 is 0 Å². The van der Waals surface area contributed by atoms with Crippen molar-refractivity contribution in [3.05, 3.63) is 142 Å². The van der Waals surface area contributed by atoms with Gasteiger partial charge >= 0.3 is 5.97 Å². The first kappa shape index (κ1) is 28.4. The monoisotopic (exact) mass is 604 g/mol. The molecule has 0 bridgehead atoms. The highest BCUT2D eigenvalue weighted by atomic mass is 32.2. The molecule has 0 aliphatic heterocycles. The molecule has 6 aromatic rings. The van der Waals surface area contributed by atoms with Crippen molar-refractivity contribution in [3.63, 3.8) is 0 Å². The Labute approximate surface area is 255 Å². The van der Waals surface area contributed by atoms with Gasteiger partial charge in [0.25, 0.3) is 0 Å². The average Bonchev–Trinajstić information content (AvgIpc) is 3.05. The number of aryl methyl sites for hydroxylation is 1. The number of ether oxygens (including phenoxy) is 2. The maximum absolute atomic E-state index is 13.8. The molecule has 0 N–H and O–H groups in total. The fraction of sp³-hybridized carbons (Fsp3) is 0.0833. The Hall–Kier alpha value is -4.72. The number of hydrogen-bond donors (Lipinski definition) is 1. The average molecular weight is 605 g/mol. The number of esters is 1. The highest BCUT2D eigenvalue weighted by Gasteiger charge is 2.17. The number of rotatable bonds is 8. The third-order valence-corrected chi connectivity index (χ3v) is 10.8. The van der Waals surface area contributed by atoms with Gasteiger partial charge in [-0.3, -0.25) is 9.59 Å². The number of carbonyl (C=O) groups excluding carboxylic acids is 2. The molecule has 43 heavy (non-hydrogen) atoms. The maximum atomic E-state index is 13.8. The third kappa shape index (κ3) is 5.95. The predicted molar refractivity (Wildman–Crippen MR) is 174 cm³/mol. The van der Waals surface area contributed by atoms with Crippen molar-refractivity contribution in [2.24, 2.45) is 0 Å². The molecule has 1 unspecified atom stereocenters. The standard InChI is InChI=1S/C36H28O5S2/c1-23-8-13-27(14-9-23)43(28-15-10-25(11-16-28)35(38)24-6-4-3-5-7-24)29-17-19-33-31(21-29)36(39)30-20-26(12-18-32(30)42-33)41-22-34(37)40-2/h3-21,43H,22H2,1-2H3. The highest BCUT2D eigenvalue weighted by Crippen LogP contribution is 2.52. The summed E-state index contributed by atoms with van der Waals surface area (Å²) in [5.74, 6) is -0.0723. The van der Waals surface area contributed by atoms with Gasteiger partial charge in [-0.05, 0) is 94.4 Å². The van der Waals surface area contributed by atoms with Crippen LogP contribution in [0.5, 0.6) is 5.75 Å². The van der Waals surface area contributed by atoms with Gasteiger partial charge in [0, 0.05) is 31.3 Å². The zero-order chi connectivity index (χ0) is 29.9. The lowest BCUT2D eigenvalue weighted by molar-refractivity contribution is -0.142. The van der Waals surface area contributed by atoms with E-state index in [0.29, 0.717) is 27.6 Å². The highest BCUT2D eigenvalue weighted by molar-refractivity contribution is 8.17. The minimum absolute atomic E-state index is 0.0168. The number of methoxy groups -OCH3 is 1. The van der Waals surface area contributed by atoms with Crippen molar-refractivity contribution < 1.29 is 19.1 Å². The molecule has 1 atom stereocenters. The fourth-order valence-corrected chi connectivity index (χ4v) is 8.22. The quantitative estimate of drug-likeness (QED) is 0.0826. The summed E-state index contributed by atoms with van der Waals surface area (Å²) in [4.78, 5) is 41.7. The molecule has 5 aromatic carbocycles. The van der Waals surface area contributed by atoms with Crippen LogP contribution in [0, 0.1) is 6.92 Å². The summed E-state index contributed by atoms with van der Waals surface area (Å²) >= 11 is 1.54. The van der Waals surface area contributed by atoms with Crippen LogP contribution in [0.15, 0.2) is 135 Å². The number of fused-ring (bicyclic) bond motifs is 2. The van der Waals surface area contributed by atoms with Crippen LogP contribution in [-0.2, 0) is 9.53 Å². The van der Waals surface area contributed by atoms with E-state index in [1.165, 1.54) is 12.7 Å². The van der Waals surface area contributed by atoms with E-state index in [1.807, 2.05) is 72.8 Å². The van der Waals surface area contributed by atoms with Gasteiger partial charge in [-0.15, -0.1) is 11.3 Å². The van der Waals surface area contributed by atoms with Gasteiger partial charge in [0.15, 0.2) is 17.8 Å². The van der Waals surface area contributed by atoms with Crippen molar-refractivity contribution >= 4 is 54.2 Å². The fourth-order valence-electron chi connectivity index (χ4n) is 4.91. The summed E-state index contributed by atoms with van der Waals surface area (Å²) in [7, 11) is 0.287. The second kappa shape index (κ2) is 12.3. The van der Waals surface area contributed by atoms with Gasteiger partial charge in [-0.2, -0.15) is 10.9 Å². The van der Waals surface area contributed by atoms with Gasteiger partial charge in [-0.25, -0.2) is 4.79 Å². The van der Waals surface area contributed by atoms with Crippen molar-refractivity contribution in [2.45, 2.75) is 21.6 Å². The second-order valence-corrected chi connectivity index (χ2v) is 13.4. The van der Waals surface area contributed by atoms with Crippen LogP contribution in [0.1, 0.15) is 21.5 Å². The lowest BCUT2D eigenvalue weighted by Gasteiger charge is -2.24. The normalized spacial score (nSPS) is 12.2. The first-order chi connectivity index (χ1) is 20.9. The number of thiol groups is 1. The molecule has 0 saturated carbocycles. The summed E-state index contributed by atoms with van der Waals surface area (Å²) in [6, 6.07) is 37.0. The molecule has 7 heteroatoms. The Balaban J connectivity index is 1.42. The van der Waals surface area contributed by atoms with Gasteiger partial charge < -0.3 is 9.47 Å². The minimum Gasteiger partial charge on any atom is -0.482 e. The molecule has 1 aromatic heterocycles. The van der Waals surface area contributed by atoms with Crippen LogP contribution in [0.4, 0.5) is 0 Å². The molecule has 0 aliphatic rings. The molecule has 0 spiro atoms. The van der Waals surface area contributed by atoms with E-state index in [2.05, 4.69) is 42.0 Å². The van der Waals surface area contributed by atoms with Crippen LogP contribution < -0.4 is 10.2 Å². The second-order valence-electron chi connectivity index (χ2n) is 10.0. The Morgan fingerprint density at radius 1 is 0.698 bits per heavy atom. The van der Waals surface area contributed by atoms with Crippen molar-refractivity contribution in [3.8, 4) is 5.75 Å². The molecule has 0 radical (unpaired) electrons. The zero-order valence-corrected chi connectivity index (χ0v) is 25.3. The number of benzene rings is 5. The Morgan fingerprint density at radius 2 is 1.28 bits per heavy atom. The van der Waals surface area contributed by atoms with E-state index in [9.17, 15) is 14.4 Å². The van der Waals surface area contributed by atoms with Gasteiger partial charge in [0.1, 0.15) is 5.75 Å². The van der Waals surface area contributed by atoms with Gasteiger partial charge in [-0.1, -0.05) is 48.0 Å². The summed E-state index contributed by atoms with van der Waals surface area (Å²) in [5.41, 5.74) is 2.37. The molecule has 0 aliphatic carbocycles. The van der Waals surface area contributed by atoms with Crippen molar-refractivity contribution in [1.82, 2.24) is 0 Å². The molecule has 0 amide bonds. The Morgan fingerprint density at radius 3 is 1.95 bits per heavy atom. The molecule has 1 heterocycles. The van der Waals surface area contributed by atoms with Crippen LogP contribution in [0.25, 0.3) is 20.2 Å². The van der Waals surface area contributed by atoms with E-state index < -0.39 is 16.9 Å². The topological polar surface area (TPSA) is 69.7 Å². The Bertz CT molecular complexity index is 2010. The molecule has 0 saturated heterocycles. The first-order valence-electron chi connectivity index (χ1n) is 13.7. The Kier molecular flexibility index (Phi) is 8.09. The number of hydrogen-bond acceptors (Lipinski definition) is 6. The largest absolute Gasteiger partial charge is 0.482 e. The summed E-state index contributed by atoms with van der Waals surface area (Å²) < 4.78 is 11.9. The molecule has 6 rings (SSSR count). The lowest BCUT2D eigenvalue weighted by atomic mass is 10.0. The SMILES string of the molecule is COC(=O)COc1ccc2sc3ccc([SH](c4ccc(C)cc4)c4ccc(C(=O)c5ccccc5)cc4)cc3c(=O)c2c1. The zero-order valence-electron chi connectivity index (χ0n) is 23.6. The van der Waals surface area contributed by atoms with Crippen molar-refractivity contribution in [1.29, 1.82) is 0 Å². The summed E-state index contributed by atoms with van der Waals surface area (Å²) in [6.07, 6.45) is 0. The number of ketones is 1. The third-order valence-electron chi connectivity index (χ3n) is 7.18. The van der Waals surface area contributed by atoms with Crippen LogP contribution in [-0.4, -0.2) is 25.5 Å². The lowest BCUT2D eigenvalue weighted by Crippen LogP contribution is -2.12. The summed E-state index contributed by atoms with van der Waals surface area (Å²) in [5, 5.41) is 1.18. The van der Waals surface area contributed by atoms with E-state index in [4.69, 9.17) is 4.74 Å². The van der Waals surface area contributed by atoms with Gasteiger partial charge in [0.2, 0.25) is 0 Å². The molecular formula is C36H28O5S2. The maximum Gasteiger partial charge on any atom is 0.343 e. The van der Waals surface area contributed by atoms with E-state index in [1.54, 1.807) is 23.5 Å². The van der Waals surface area contributed by atoms with Crippen LogP contribution in [0.2, 0.25) is 0 Å².